The normalized spacial score (nSPS) is 14.1. The lowest BCUT2D eigenvalue weighted by Crippen LogP contribution is -2.30. The van der Waals surface area contributed by atoms with Crippen molar-refractivity contribution in [2.24, 2.45) is 0 Å². The van der Waals surface area contributed by atoms with Crippen LogP contribution >= 0.6 is 0 Å². The van der Waals surface area contributed by atoms with Gasteiger partial charge in [0.25, 0.3) is 0 Å². The molecule has 2 heterocycles. The first-order valence-corrected chi connectivity index (χ1v) is 9.57. The minimum absolute atomic E-state index is 0.0901. The van der Waals surface area contributed by atoms with Gasteiger partial charge in [0.15, 0.2) is 0 Å². The Labute approximate surface area is 159 Å². The number of carbonyl (C=O) groups is 1. The average Bonchev–Trinajstić information content (AvgIpc) is 3.34. The molecule has 2 aliphatic rings. The minimum atomic E-state index is 0.0901. The number of hydrogen-bond donors (Lipinski definition) is 0. The molecular weight excluding hydrogens is 342 g/mol. The van der Waals surface area contributed by atoms with Crippen molar-refractivity contribution < 1.29 is 19.0 Å². The summed E-state index contributed by atoms with van der Waals surface area (Å²) in [5.41, 5.74) is 3.71. The van der Waals surface area contributed by atoms with Crippen molar-refractivity contribution in [2.75, 3.05) is 33.4 Å². The Morgan fingerprint density at radius 1 is 1.15 bits per heavy atom. The largest absolute Gasteiger partial charge is 0.493 e. The van der Waals surface area contributed by atoms with Gasteiger partial charge in [-0.2, -0.15) is 0 Å². The fourth-order valence-corrected chi connectivity index (χ4v) is 3.72. The molecule has 0 aliphatic carbocycles. The molecule has 0 spiro atoms. The Kier molecular flexibility index (Phi) is 5.19. The zero-order valence-electron chi connectivity index (χ0n) is 15.7. The Hall–Kier alpha value is -2.69. The van der Waals surface area contributed by atoms with Crippen molar-refractivity contribution >= 4 is 5.91 Å². The second-order valence-electron chi connectivity index (χ2n) is 6.99. The summed E-state index contributed by atoms with van der Waals surface area (Å²) in [5.74, 6) is 2.90. The van der Waals surface area contributed by atoms with Crippen LogP contribution in [0, 0.1) is 0 Å². The molecule has 0 unspecified atom stereocenters. The standard InChI is InChI=1S/C22H25NO4/c1-23(21(24)10-14-25-17-5-3-2-4-6-17)11-7-19-18-9-13-26-20(18)15-16-8-12-27-22(16)19/h2-6,15H,7-14H2,1H3. The van der Waals surface area contributed by atoms with Crippen LogP contribution in [-0.2, 0) is 24.1 Å². The average molecular weight is 367 g/mol. The van der Waals surface area contributed by atoms with E-state index in [0.29, 0.717) is 19.6 Å². The number of hydrogen-bond acceptors (Lipinski definition) is 4. The van der Waals surface area contributed by atoms with Crippen LogP contribution in [0.1, 0.15) is 23.1 Å². The molecule has 2 aromatic rings. The maximum atomic E-state index is 12.4. The summed E-state index contributed by atoms with van der Waals surface area (Å²) in [5, 5.41) is 0. The van der Waals surface area contributed by atoms with Crippen LogP contribution in [0.3, 0.4) is 0 Å². The SMILES string of the molecule is CN(CCc1c2c(cc3c1OCC3)OCC2)C(=O)CCOc1ccccc1. The molecule has 27 heavy (non-hydrogen) atoms. The second kappa shape index (κ2) is 7.91. The van der Waals surface area contributed by atoms with Gasteiger partial charge < -0.3 is 19.1 Å². The Balaban J connectivity index is 1.33. The highest BCUT2D eigenvalue weighted by atomic mass is 16.5. The van der Waals surface area contributed by atoms with Crippen molar-refractivity contribution in [2.45, 2.75) is 25.7 Å². The van der Waals surface area contributed by atoms with E-state index in [1.807, 2.05) is 37.4 Å². The van der Waals surface area contributed by atoms with Gasteiger partial charge >= 0.3 is 0 Å². The molecule has 2 aromatic carbocycles. The van der Waals surface area contributed by atoms with Gasteiger partial charge in [0.05, 0.1) is 26.2 Å². The molecule has 5 nitrogen and oxygen atoms in total. The predicted octanol–water partition coefficient (Wildman–Crippen LogP) is 3.03. The van der Waals surface area contributed by atoms with Crippen LogP contribution in [0.4, 0.5) is 0 Å². The number of fused-ring (bicyclic) bond motifs is 2. The topological polar surface area (TPSA) is 48.0 Å². The predicted molar refractivity (Wildman–Crippen MR) is 103 cm³/mol. The van der Waals surface area contributed by atoms with Crippen LogP contribution in [0.15, 0.2) is 36.4 Å². The first-order chi connectivity index (χ1) is 13.2. The molecular formula is C22H25NO4. The lowest BCUT2D eigenvalue weighted by molar-refractivity contribution is -0.130. The van der Waals surface area contributed by atoms with Gasteiger partial charge in [0.2, 0.25) is 5.91 Å². The molecule has 0 saturated heterocycles. The maximum absolute atomic E-state index is 12.4. The van der Waals surface area contributed by atoms with E-state index in [-0.39, 0.29) is 5.91 Å². The molecule has 0 bridgehead atoms. The maximum Gasteiger partial charge on any atom is 0.225 e. The molecule has 4 rings (SSSR count). The number of amides is 1. The van der Waals surface area contributed by atoms with Crippen LogP contribution in [-0.4, -0.2) is 44.2 Å². The van der Waals surface area contributed by atoms with Gasteiger partial charge in [-0.05, 0) is 24.6 Å². The number of likely N-dealkylation sites (N-methyl/N-ethyl adjacent to an activating group) is 1. The fraction of sp³-hybridized carbons (Fsp3) is 0.409. The summed E-state index contributed by atoms with van der Waals surface area (Å²) in [6, 6.07) is 11.7. The van der Waals surface area contributed by atoms with Crippen molar-refractivity contribution in [3.8, 4) is 17.2 Å². The lowest BCUT2D eigenvalue weighted by atomic mass is 9.97. The highest BCUT2D eigenvalue weighted by molar-refractivity contribution is 5.76. The second-order valence-corrected chi connectivity index (χ2v) is 6.99. The first kappa shape index (κ1) is 17.7. The van der Waals surface area contributed by atoms with Crippen LogP contribution in [0.25, 0.3) is 0 Å². The first-order valence-electron chi connectivity index (χ1n) is 9.57. The van der Waals surface area contributed by atoms with Gasteiger partial charge in [-0.25, -0.2) is 0 Å². The third kappa shape index (κ3) is 3.87. The summed E-state index contributed by atoms with van der Waals surface area (Å²) in [7, 11) is 1.85. The Bertz CT molecular complexity index is 787. The van der Waals surface area contributed by atoms with E-state index >= 15 is 0 Å². The molecule has 142 valence electrons. The smallest absolute Gasteiger partial charge is 0.225 e. The van der Waals surface area contributed by atoms with Crippen molar-refractivity contribution in [1.82, 2.24) is 4.90 Å². The van der Waals surface area contributed by atoms with Crippen molar-refractivity contribution in [1.29, 1.82) is 0 Å². The molecule has 0 atom stereocenters. The highest BCUT2D eigenvalue weighted by Gasteiger charge is 2.26. The van der Waals surface area contributed by atoms with E-state index in [1.165, 1.54) is 16.7 Å². The molecule has 0 fully saturated rings. The van der Waals surface area contributed by atoms with Crippen molar-refractivity contribution in [3.05, 3.63) is 53.1 Å². The van der Waals surface area contributed by atoms with E-state index in [2.05, 4.69) is 6.07 Å². The van der Waals surface area contributed by atoms with Crippen LogP contribution in [0.5, 0.6) is 17.2 Å². The van der Waals surface area contributed by atoms with Gasteiger partial charge in [-0.3, -0.25) is 4.79 Å². The third-order valence-corrected chi connectivity index (χ3v) is 5.21. The highest BCUT2D eigenvalue weighted by Crippen LogP contribution is 2.40. The van der Waals surface area contributed by atoms with E-state index in [9.17, 15) is 4.79 Å². The Morgan fingerprint density at radius 2 is 1.96 bits per heavy atom. The number of rotatable bonds is 7. The van der Waals surface area contributed by atoms with Crippen molar-refractivity contribution in [3.63, 3.8) is 0 Å². The molecule has 0 radical (unpaired) electrons. The fourth-order valence-electron chi connectivity index (χ4n) is 3.72. The quantitative estimate of drug-likeness (QED) is 0.755. The Morgan fingerprint density at radius 3 is 2.81 bits per heavy atom. The zero-order chi connectivity index (χ0) is 18.6. The molecule has 0 saturated carbocycles. The van der Waals surface area contributed by atoms with Gasteiger partial charge in [0.1, 0.15) is 17.2 Å². The number of benzene rings is 2. The number of carbonyl (C=O) groups excluding carboxylic acids is 1. The van der Waals surface area contributed by atoms with Crippen LogP contribution in [0.2, 0.25) is 0 Å². The van der Waals surface area contributed by atoms with Gasteiger partial charge in [0, 0.05) is 43.1 Å². The third-order valence-electron chi connectivity index (χ3n) is 5.21. The van der Waals surface area contributed by atoms with E-state index in [1.54, 1.807) is 4.90 Å². The zero-order valence-corrected chi connectivity index (χ0v) is 15.7. The van der Waals surface area contributed by atoms with Gasteiger partial charge in [-0.1, -0.05) is 18.2 Å². The monoisotopic (exact) mass is 367 g/mol. The summed E-state index contributed by atoms with van der Waals surface area (Å²) in [4.78, 5) is 14.2. The summed E-state index contributed by atoms with van der Waals surface area (Å²) < 4.78 is 17.3. The molecule has 0 N–H and O–H groups in total. The van der Waals surface area contributed by atoms with E-state index < -0.39 is 0 Å². The number of ether oxygens (including phenoxy) is 3. The molecule has 2 aliphatic heterocycles. The summed E-state index contributed by atoms with van der Waals surface area (Å²) >= 11 is 0. The number of para-hydroxylation sites is 1. The molecule has 1 amide bonds. The summed E-state index contributed by atoms with van der Waals surface area (Å²) in [6.45, 7) is 2.52. The van der Waals surface area contributed by atoms with E-state index in [4.69, 9.17) is 14.2 Å². The lowest BCUT2D eigenvalue weighted by Gasteiger charge is -2.19. The molecule has 5 heteroatoms. The molecule has 0 aromatic heterocycles. The van der Waals surface area contributed by atoms with E-state index in [0.717, 1.165) is 49.7 Å². The van der Waals surface area contributed by atoms with Gasteiger partial charge in [-0.15, -0.1) is 0 Å². The number of nitrogens with zero attached hydrogens (tertiary/aromatic N) is 1. The minimum Gasteiger partial charge on any atom is -0.493 e. The summed E-state index contributed by atoms with van der Waals surface area (Å²) in [6.07, 6.45) is 3.01. The van der Waals surface area contributed by atoms with Crippen LogP contribution < -0.4 is 14.2 Å².